The summed E-state index contributed by atoms with van der Waals surface area (Å²) in [6.45, 7) is 6.54. The topological polar surface area (TPSA) is 17.1 Å². The predicted molar refractivity (Wildman–Crippen MR) is 127 cm³/mol. The van der Waals surface area contributed by atoms with Gasteiger partial charge >= 0.3 is 0 Å². The highest BCUT2D eigenvalue weighted by molar-refractivity contribution is 5.80. The van der Waals surface area contributed by atoms with E-state index in [1.165, 1.54) is 103 Å². The fourth-order valence-electron chi connectivity index (χ4n) is 3.92. The highest BCUT2D eigenvalue weighted by Crippen LogP contribution is 2.15. The normalized spacial score (nSPS) is 12.7. The van der Waals surface area contributed by atoms with Gasteiger partial charge in [-0.3, -0.25) is 4.79 Å². The molecule has 0 heterocycles. The second-order valence-electron chi connectivity index (χ2n) is 8.90. The molecule has 1 atom stereocenters. The van der Waals surface area contributed by atoms with Gasteiger partial charge < -0.3 is 0 Å². The molecule has 0 radical (unpaired) electrons. The van der Waals surface area contributed by atoms with Crippen LogP contribution in [0.4, 0.5) is 0 Å². The minimum atomic E-state index is 0.287. The Kier molecular flexibility index (Phi) is 22.2. The fraction of sp³-hybridized carbons (Fsp3) is 0.889. The van der Waals surface area contributed by atoms with Crippen LogP contribution >= 0.6 is 0 Å². The highest BCUT2D eigenvalue weighted by Gasteiger charge is 2.10. The first-order chi connectivity index (χ1) is 13.7. The number of rotatable bonds is 22. The van der Waals surface area contributed by atoms with E-state index in [9.17, 15) is 4.79 Å². The summed E-state index contributed by atoms with van der Waals surface area (Å²) in [7, 11) is 0. The molecule has 0 aromatic carbocycles. The van der Waals surface area contributed by atoms with Crippen molar-refractivity contribution < 1.29 is 4.79 Å². The minimum absolute atomic E-state index is 0.287. The molecule has 0 spiro atoms. The largest absolute Gasteiger partial charge is 0.299 e. The number of ketones is 1. The molecule has 0 aliphatic heterocycles. The van der Waals surface area contributed by atoms with Crippen LogP contribution in [0.5, 0.6) is 0 Å². The van der Waals surface area contributed by atoms with Gasteiger partial charge in [-0.2, -0.15) is 0 Å². The molecule has 0 saturated carbocycles. The van der Waals surface area contributed by atoms with Gasteiger partial charge in [-0.05, 0) is 38.5 Å². The predicted octanol–water partition coefficient (Wildman–Crippen LogP) is 9.59. The van der Waals surface area contributed by atoms with Gasteiger partial charge in [0.05, 0.1) is 0 Å². The second kappa shape index (κ2) is 22.7. The van der Waals surface area contributed by atoms with Gasteiger partial charge in [-0.1, -0.05) is 116 Å². The molecule has 1 unspecified atom stereocenters. The molecule has 0 amide bonds. The Morgan fingerprint density at radius 2 is 1.04 bits per heavy atom. The molecular weight excluding hydrogens is 340 g/mol. The van der Waals surface area contributed by atoms with Crippen molar-refractivity contribution in [2.24, 2.45) is 5.92 Å². The molecule has 1 heteroatoms. The molecule has 166 valence electrons. The molecule has 28 heavy (non-hydrogen) atoms. The lowest BCUT2D eigenvalue weighted by molar-refractivity contribution is -0.122. The first-order valence-corrected chi connectivity index (χ1v) is 12.9. The Morgan fingerprint density at radius 3 is 1.50 bits per heavy atom. The smallest absolute Gasteiger partial charge is 0.135 e. The molecule has 1 nitrogen and oxygen atoms in total. The molecule has 0 aliphatic carbocycles. The van der Waals surface area contributed by atoms with Gasteiger partial charge in [0, 0.05) is 12.3 Å². The van der Waals surface area contributed by atoms with E-state index in [0.717, 1.165) is 25.7 Å². The first-order valence-electron chi connectivity index (χ1n) is 12.9. The summed E-state index contributed by atoms with van der Waals surface area (Å²) in [5, 5.41) is 0. The first kappa shape index (κ1) is 27.4. The van der Waals surface area contributed by atoms with E-state index >= 15 is 0 Å². The van der Waals surface area contributed by atoms with E-state index in [1.807, 2.05) is 0 Å². The third-order valence-electron chi connectivity index (χ3n) is 5.96. The van der Waals surface area contributed by atoms with Crippen LogP contribution < -0.4 is 0 Å². The van der Waals surface area contributed by atoms with Gasteiger partial charge in [0.25, 0.3) is 0 Å². The number of carbonyl (C=O) groups is 1. The van der Waals surface area contributed by atoms with E-state index in [-0.39, 0.29) is 5.92 Å². The van der Waals surface area contributed by atoms with Crippen LogP contribution in [0.2, 0.25) is 0 Å². The summed E-state index contributed by atoms with van der Waals surface area (Å²) < 4.78 is 0. The molecule has 0 aromatic rings. The van der Waals surface area contributed by atoms with Crippen LogP contribution in [0, 0.1) is 5.92 Å². The van der Waals surface area contributed by atoms with E-state index in [2.05, 4.69) is 32.9 Å². The van der Waals surface area contributed by atoms with E-state index in [0.29, 0.717) is 5.78 Å². The number of unbranched alkanes of at least 4 members (excludes halogenated alkanes) is 15. The van der Waals surface area contributed by atoms with Crippen molar-refractivity contribution in [3.05, 3.63) is 12.2 Å². The zero-order chi connectivity index (χ0) is 20.7. The zero-order valence-corrected chi connectivity index (χ0v) is 19.8. The molecule has 0 fully saturated rings. The maximum atomic E-state index is 11.9. The maximum Gasteiger partial charge on any atom is 0.135 e. The molecular formula is C27H52O. The summed E-state index contributed by atoms with van der Waals surface area (Å²) in [4.78, 5) is 11.9. The van der Waals surface area contributed by atoms with Gasteiger partial charge in [0.2, 0.25) is 0 Å². The van der Waals surface area contributed by atoms with Crippen molar-refractivity contribution in [2.75, 3.05) is 0 Å². The average molecular weight is 393 g/mol. The SMILES string of the molecule is CCCCCCCC/C=C\CCCCCCCCCCCC(=O)C(C)CCC. The van der Waals surface area contributed by atoms with Gasteiger partial charge in [-0.15, -0.1) is 0 Å². The lowest BCUT2D eigenvalue weighted by atomic mass is 9.96. The van der Waals surface area contributed by atoms with Crippen LogP contribution in [0.3, 0.4) is 0 Å². The van der Waals surface area contributed by atoms with Crippen molar-refractivity contribution in [3.63, 3.8) is 0 Å². The summed E-state index contributed by atoms with van der Waals surface area (Å²) >= 11 is 0. The lowest BCUT2D eigenvalue weighted by Crippen LogP contribution is -2.10. The third kappa shape index (κ3) is 20.2. The minimum Gasteiger partial charge on any atom is -0.299 e. The molecule has 0 N–H and O–H groups in total. The lowest BCUT2D eigenvalue weighted by Gasteiger charge is -2.08. The summed E-state index contributed by atoms with van der Waals surface area (Å²) in [6.07, 6.45) is 30.8. The molecule has 0 rings (SSSR count). The van der Waals surface area contributed by atoms with E-state index in [4.69, 9.17) is 0 Å². The fourth-order valence-corrected chi connectivity index (χ4v) is 3.92. The van der Waals surface area contributed by atoms with E-state index < -0.39 is 0 Å². The van der Waals surface area contributed by atoms with Crippen molar-refractivity contribution in [2.45, 2.75) is 149 Å². The Labute approximate surface area is 178 Å². The van der Waals surface area contributed by atoms with Crippen LogP contribution in [0.15, 0.2) is 12.2 Å². The number of Topliss-reactive ketones (excluding diaryl/α,β-unsaturated/α-hetero) is 1. The highest BCUT2D eigenvalue weighted by atomic mass is 16.1. The zero-order valence-electron chi connectivity index (χ0n) is 19.8. The Bertz CT molecular complexity index is 344. The molecule has 0 bridgehead atoms. The van der Waals surface area contributed by atoms with Crippen molar-refractivity contribution in [1.82, 2.24) is 0 Å². The van der Waals surface area contributed by atoms with Gasteiger partial charge in [0.15, 0.2) is 0 Å². The summed E-state index contributed by atoms with van der Waals surface area (Å²) in [5.41, 5.74) is 0. The number of allylic oxidation sites excluding steroid dienone is 2. The number of carbonyl (C=O) groups excluding carboxylic acids is 1. The quantitative estimate of drug-likeness (QED) is 0.132. The summed E-state index contributed by atoms with van der Waals surface area (Å²) in [5.74, 6) is 0.776. The van der Waals surface area contributed by atoms with Crippen molar-refractivity contribution >= 4 is 5.78 Å². The monoisotopic (exact) mass is 392 g/mol. The molecule has 0 aromatic heterocycles. The average Bonchev–Trinajstić information content (AvgIpc) is 2.69. The van der Waals surface area contributed by atoms with Crippen molar-refractivity contribution in [3.8, 4) is 0 Å². The maximum absolute atomic E-state index is 11.9. The molecule has 0 saturated heterocycles. The molecule has 0 aliphatic rings. The Morgan fingerprint density at radius 1 is 0.607 bits per heavy atom. The van der Waals surface area contributed by atoms with Gasteiger partial charge in [0.1, 0.15) is 5.78 Å². The number of hydrogen-bond acceptors (Lipinski definition) is 1. The van der Waals surface area contributed by atoms with Crippen molar-refractivity contribution in [1.29, 1.82) is 0 Å². The van der Waals surface area contributed by atoms with E-state index in [1.54, 1.807) is 0 Å². The second-order valence-corrected chi connectivity index (χ2v) is 8.90. The van der Waals surface area contributed by atoms with Gasteiger partial charge in [-0.25, -0.2) is 0 Å². The number of hydrogen-bond donors (Lipinski definition) is 0. The van der Waals surface area contributed by atoms with Crippen LogP contribution in [-0.2, 0) is 4.79 Å². The Hall–Kier alpha value is -0.590. The van der Waals surface area contributed by atoms with Crippen LogP contribution in [0.1, 0.15) is 149 Å². The van der Waals surface area contributed by atoms with Crippen LogP contribution in [0.25, 0.3) is 0 Å². The third-order valence-corrected chi connectivity index (χ3v) is 5.96. The Balaban J connectivity index is 3.19. The standard InChI is InChI=1S/C27H52O/c1-4-6-7-8-9-10-11-12-13-14-15-16-17-18-19-20-21-22-23-25-27(28)26(3)24-5-2/h12-13,26H,4-11,14-25H2,1-3H3/b13-12-. The summed E-state index contributed by atoms with van der Waals surface area (Å²) in [6, 6.07) is 0. The van der Waals surface area contributed by atoms with Crippen LogP contribution in [-0.4, -0.2) is 5.78 Å².